The van der Waals surface area contributed by atoms with Gasteiger partial charge >= 0.3 is 0 Å². The number of methoxy groups -OCH3 is 1. The fraction of sp³-hybridized carbons (Fsp3) is 0.400. The number of hydrogen-bond donors (Lipinski definition) is 0. The van der Waals surface area contributed by atoms with Crippen LogP contribution in [-0.4, -0.2) is 68.2 Å². The van der Waals surface area contributed by atoms with Crippen LogP contribution in [0.1, 0.15) is 23.6 Å². The van der Waals surface area contributed by atoms with Gasteiger partial charge in [-0.3, -0.25) is 4.90 Å². The summed E-state index contributed by atoms with van der Waals surface area (Å²) in [5, 5.41) is 0. The second kappa shape index (κ2) is 9.53. The Balaban J connectivity index is 1.62. The molecule has 7 nitrogen and oxygen atoms in total. The molecular weight excluding hydrogens is 400 g/mol. The van der Waals surface area contributed by atoms with Crippen molar-refractivity contribution >= 4 is 11.8 Å². The minimum Gasteiger partial charge on any atom is -0.497 e. The predicted octanol–water partition coefficient (Wildman–Crippen LogP) is 3.67. The summed E-state index contributed by atoms with van der Waals surface area (Å²) < 4.78 is 5.45. The Morgan fingerprint density at radius 2 is 1.91 bits per heavy atom. The third-order valence-electron chi connectivity index (χ3n) is 5.93. The molecule has 4 rings (SSSR count). The minimum absolute atomic E-state index is 0.345. The SMILES string of the molecule is COc1cccc(-c2cnc(N(C)C)nc2[C@H]2CCN(Cc3cccnc3N(C)C)C2)c1. The van der Waals surface area contributed by atoms with Gasteiger partial charge in [0.1, 0.15) is 11.6 Å². The van der Waals surface area contributed by atoms with Crippen molar-refractivity contribution in [1.82, 2.24) is 19.9 Å². The van der Waals surface area contributed by atoms with Crippen molar-refractivity contribution in [2.24, 2.45) is 0 Å². The molecule has 1 saturated heterocycles. The maximum absolute atomic E-state index is 5.45. The third-order valence-corrected chi connectivity index (χ3v) is 5.93. The maximum atomic E-state index is 5.45. The van der Waals surface area contributed by atoms with Crippen molar-refractivity contribution in [2.75, 3.05) is 58.2 Å². The first-order chi connectivity index (χ1) is 15.5. The summed E-state index contributed by atoms with van der Waals surface area (Å²) in [6.07, 6.45) is 4.88. The largest absolute Gasteiger partial charge is 0.497 e. The van der Waals surface area contributed by atoms with Crippen molar-refractivity contribution in [3.63, 3.8) is 0 Å². The van der Waals surface area contributed by atoms with Gasteiger partial charge in [-0.15, -0.1) is 0 Å². The molecular formula is C25H32N6O. The van der Waals surface area contributed by atoms with E-state index in [-0.39, 0.29) is 0 Å². The molecule has 0 N–H and O–H groups in total. The van der Waals surface area contributed by atoms with E-state index in [1.54, 1.807) is 7.11 Å². The summed E-state index contributed by atoms with van der Waals surface area (Å²) in [6, 6.07) is 12.3. The Morgan fingerprint density at radius 3 is 2.66 bits per heavy atom. The molecule has 3 aromatic rings. The molecule has 0 amide bonds. The number of hydrogen-bond acceptors (Lipinski definition) is 7. The fourth-order valence-corrected chi connectivity index (χ4v) is 4.32. The molecule has 3 heterocycles. The topological polar surface area (TPSA) is 57.6 Å². The van der Waals surface area contributed by atoms with Crippen LogP contribution in [0.4, 0.5) is 11.8 Å². The van der Waals surface area contributed by atoms with Crippen molar-refractivity contribution < 1.29 is 4.74 Å². The second-order valence-electron chi connectivity index (χ2n) is 8.70. The number of likely N-dealkylation sites (tertiary alicyclic amines) is 1. The lowest BCUT2D eigenvalue weighted by atomic mass is 9.96. The molecule has 1 aliphatic rings. The number of benzene rings is 1. The average molecular weight is 433 g/mol. The van der Waals surface area contributed by atoms with Crippen molar-refractivity contribution in [3.8, 4) is 16.9 Å². The van der Waals surface area contributed by atoms with E-state index >= 15 is 0 Å². The molecule has 0 radical (unpaired) electrons. The summed E-state index contributed by atoms with van der Waals surface area (Å²) in [5.41, 5.74) is 4.53. The zero-order chi connectivity index (χ0) is 22.7. The molecule has 32 heavy (non-hydrogen) atoms. The highest BCUT2D eigenvalue weighted by atomic mass is 16.5. The van der Waals surface area contributed by atoms with E-state index < -0.39 is 0 Å². The van der Waals surface area contributed by atoms with Crippen LogP contribution in [0.2, 0.25) is 0 Å². The molecule has 1 fully saturated rings. The fourth-order valence-electron chi connectivity index (χ4n) is 4.32. The summed E-state index contributed by atoms with van der Waals surface area (Å²) in [4.78, 5) is 20.7. The van der Waals surface area contributed by atoms with Crippen molar-refractivity contribution in [3.05, 3.63) is 60.0 Å². The van der Waals surface area contributed by atoms with Crippen LogP contribution in [0, 0.1) is 0 Å². The standard InChI is InChI=1S/C25H32N6O/c1-29(2)24-20(9-7-12-26-24)17-31-13-11-19(16-31)23-22(15-27-25(28-23)30(3)4)18-8-6-10-21(14-18)32-5/h6-10,12,14-15,19H,11,13,16-17H2,1-5H3/t19-/m0/s1. The molecule has 0 bridgehead atoms. The highest BCUT2D eigenvalue weighted by Gasteiger charge is 2.29. The van der Waals surface area contributed by atoms with Gasteiger partial charge < -0.3 is 14.5 Å². The molecule has 1 aromatic carbocycles. The van der Waals surface area contributed by atoms with Gasteiger partial charge in [0.25, 0.3) is 0 Å². The van der Waals surface area contributed by atoms with E-state index in [4.69, 9.17) is 9.72 Å². The van der Waals surface area contributed by atoms with Crippen LogP contribution in [0.3, 0.4) is 0 Å². The molecule has 168 valence electrons. The minimum atomic E-state index is 0.345. The first-order valence-electron chi connectivity index (χ1n) is 11.0. The van der Waals surface area contributed by atoms with E-state index in [2.05, 4.69) is 38.0 Å². The second-order valence-corrected chi connectivity index (χ2v) is 8.70. The Hall–Kier alpha value is -3.19. The van der Waals surface area contributed by atoms with E-state index in [1.807, 2.05) is 63.7 Å². The molecule has 0 saturated carbocycles. The van der Waals surface area contributed by atoms with Gasteiger partial charge in [0.05, 0.1) is 12.8 Å². The molecule has 7 heteroatoms. The highest BCUT2D eigenvalue weighted by Crippen LogP contribution is 2.36. The van der Waals surface area contributed by atoms with Crippen molar-refractivity contribution in [2.45, 2.75) is 18.9 Å². The lowest BCUT2D eigenvalue weighted by molar-refractivity contribution is 0.326. The maximum Gasteiger partial charge on any atom is 0.225 e. The zero-order valence-electron chi connectivity index (χ0n) is 19.6. The van der Waals surface area contributed by atoms with Crippen LogP contribution >= 0.6 is 0 Å². The van der Waals surface area contributed by atoms with Gasteiger partial charge in [0.15, 0.2) is 0 Å². The van der Waals surface area contributed by atoms with Gasteiger partial charge in [-0.2, -0.15) is 0 Å². The van der Waals surface area contributed by atoms with Gasteiger partial charge in [-0.1, -0.05) is 18.2 Å². The van der Waals surface area contributed by atoms with Crippen LogP contribution in [0.15, 0.2) is 48.8 Å². The summed E-state index contributed by atoms with van der Waals surface area (Å²) in [5.74, 6) is 2.96. The molecule has 1 aliphatic heterocycles. The van der Waals surface area contributed by atoms with E-state index in [9.17, 15) is 0 Å². The summed E-state index contributed by atoms with van der Waals surface area (Å²) >= 11 is 0. The zero-order valence-corrected chi connectivity index (χ0v) is 19.6. The number of nitrogens with zero attached hydrogens (tertiary/aromatic N) is 6. The van der Waals surface area contributed by atoms with E-state index in [1.165, 1.54) is 5.56 Å². The van der Waals surface area contributed by atoms with Crippen molar-refractivity contribution in [1.29, 1.82) is 0 Å². The van der Waals surface area contributed by atoms with Crippen LogP contribution in [0.25, 0.3) is 11.1 Å². The Morgan fingerprint density at radius 1 is 1.06 bits per heavy atom. The van der Waals surface area contributed by atoms with Crippen LogP contribution < -0.4 is 14.5 Å². The lowest BCUT2D eigenvalue weighted by Gasteiger charge is -2.21. The third kappa shape index (κ3) is 4.67. The Kier molecular flexibility index (Phi) is 6.55. The average Bonchev–Trinajstić information content (AvgIpc) is 3.27. The molecule has 0 aliphatic carbocycles. The lowest BCUT2D eigenvalue weighted by Crippen LogP contribution is -2.23. The predicted molar refractivity (Wildman–Crippen MR) is 130 cm³/mol. The first-order valence-corrected chi connectivity index (χ1v) is 11.0. The van der Waals surface area contributed by atoms with Gasteiger partial charge in [0, 0.05) is 70.7 Å². The Labute approximate surface area is 190 Å². The molecule has 1 atom stereocenters. The smallest absolute Gasteiger partial charge is 0.225 e. The van der Waals surface area contributed by atoms with Crippen LogP contribution in [0.5, 0.6) is 5.75 Å². The normalized spacial score (nSPS) is 16.2. The Bertz CT molecular complexity index is 1070. The van der Waals surface area contributed by atoms with Gasteiger partial charge in [-0.25, -0.2) is 15.0 Å². The quantitative estimate of drug-likeness (QED) is 0.565. The number of rotatable bonds is 7. The highest BCUT2D eigenvalue weighted by molar-refractivity contribution is 5.68. The summed E-state index contributed by atoms with van der Waals surface area (Å²) in [7, 11) is 9.75. The monoisotopic (exact) mass is 432 g/mol. The number of anilines is 2. The molecule has 0 unspecified atom stereocenters. The molecule has 0 spiro atoms. The first kappa shape index (κ1) is 22.0. The summed E-state index contributed by atoms with van der Waals surface area (Å²) in [6.45, 7) is 2.88. The van der Waals surface area contributed by atoms with Gasteiger partial charge in [0.2, 0.25) is 5.95 Å². The van der Waals surface area contributed by atoms with Crippen LogP contribution in [-0.2, 0) is 6.54 Å². The van der Waals surface area contributed by atoms with E-state index in [0.717, 1.165) is 60.4 Å². The van der Waals surface area contributed by atoms with E-state index in [0.29, 0.717) is 5.92 Å². The number of ether oxygens (including phenoxy) is 1. The number of aromatic nitrogens is 3. The molecule has 2 aromatic heterocycles. The number of pyridine rings is 1. The van der Waals surface area contributed by atoms with Gasteiger partial charge in [-0.05, 0) is 36.7 Å².